The zero-order valence-corrected chi connectivity index (χ0v) is 19.2. The van der Waals surface area contributed by atoms with E-state index in [0.29, 0.717) is 18.5 Å². The lowest BCUT2D eigenvalue weighted by Gasteiger charge is -2.23. The van der Waals surface area contributed by atoms with Crippen molar-refractivity contribution < 1.29 is 9.59 Å². The zero-order valence-electron chi connectivity index (χ0n) is 18.4. The molecule has 0 radical (unpaired) electrons. The van der Waals surface area contributed by atoms with Crippen LogP contribution in [-0.4, -0.2) is 34.8 Å². The normalized spacial score (nSPS) is 16.6. The average molecular weight is 436 g/mol. The standard InChI is InChI=1S/C25H29N3O2S/c1-25(2,3)18-12-10-17(11-13-18)23(30)26-15-14-22(29)28-16-6-8-20(28)24-27-19-7-4-5-9-21(19)31-24/h4-5,7,9-13,20H,6,8,14-16H2,1-3H3,(H,26,30). The minimum Gasteiger partial charge on any atom is -0.352 e. The third kappa shape index (κ3) is 4.79. The van der Waals surface area contributed by atoms with Gasteiger partial charge in [0.05, 0.1) is 16.3 Å². The fraction of sp³-hybridized carbons (Fsp3) is 0.400. The van der Waals surface area contributed by atoms with E-state index in [4.69, 9.17) is 4.98 Å². The van der Waals surface area contributed by atoms with Gasteiger partial charge in [-0.15, -0.1) is 11.3 Å². The predicted octanol–water partition coefficient (Wildman–Crippen LogP) is 5.08. The van der Waals surface area contributed by atoms with Gasteiger partial charge < -0.3 is 10.2 Å². The number of para-hydroxylation sites is 1. The molecule has 3 aromatic rings. The Kier molecular flexibility index (Phi) is 6.10. The van der Waals surface area contributed by atoms with Gasteiger partial charge in [0, 0.05) is 25.1 Å². The Labute approximate surface area is 187 Å². The first-order valence-corrected chi connectivity index (χ1v) is 11.7. The van der Waals surface area contributed by atoms with Crippen molar-refractivity contribution in [2.24, 2.45) is 0 Å². The molecule has 1 unspecified atom stereocenters. The first kappa shape index (κ1) is 21.5. The molecule has 1 atom stereocenters. The summed E-state index contributed by atoms with van der Waals surface area (Å²) in [5.74, 6) is -0.0671. The van der Waals surface area contributed by atoms with Crippen molar-refractivity contribution in [3.05, 3.63) is 64.7 Å². The van der Waals surface area contributed by atoms with Crippen molar-refractivity contribution in [1.29, 1.82) is 0 Å². The van der Waals surface area contributed by atoms with Crippen LogP contribution in [0.2, 0.25) is 0 Å². The summed E-state index contributed by atoms with van der Waals surface area (Å²) in [6.07, 6.45) is 2.23. The molecular weight excluding hydrogens is 406 g/mol. The number of thiazole rings is 1. The SMILES string of the molecule is CC(C)(C)c1ccc(C(=O)NCCC(=O)N2CCCC2c2nc3ccccc3s2)cc1. The molecule has 1 saturated heterocycles. The lowest BCUT2D eigenvalue weighted by molar-refractivity contribution is -0.132. The third-order valence-electron chi connectivity index (χ3n) is 5.81. The number of carbonyl (C=O) groups excluding carboxylic acids is 2. The minimum atomic E-state index is -0.141. The number of aromatic nitrogens is 1. The summed E-state index contributed by atoms with van der Waals surface area (Å²) in [6, 6.07) is 15.8. The summed E-state index contributed by atoms with van der Waals surface area (Å²) >= 11 is 1.67. The molecule has 0 aliphatic carbocycles. The number of nitrogens with one attached hydrogen (secondary N) is 1. The molecule has 5 nitrogen and oxygen atoms in total. The fourth-order valence-electron chi connectivity index (χ4n) is 4.00. The predicted molar refractivity (Wildman–Crippen MR) is 125 cm³/mol. The Balaban J connectivity index is 1.33. The van der Waals surface area contributed by atoms with Crippen LogP contribution in [0.25, 0.3) is 10.2 Å². The van der Waals surface area contributed by atoms with E-state index in [-0.39, 0.29) is 23.3 Å². The van der Waals surface area contributed by atoms with Crippen LogP contribution >= 0.6 is 11.3 Å². The molecule has 162 valence electrons. The Morgan fingerprint density at radius 1 is 1.13 bits per heavy atom. The second-order valence-electron chi connectivity index (χ2n) is 9.10. The van der Waals surface area contributed by atoms with Crippen molar-refractivity contribution in [3.63, 3.8) is 0 Å². The molecule has 1 aliphatic heterocycles. The van der Waals surface area contributed by atoms with Crippen LogP contribution in [-0.2, 0) is 10.2 Å². The number of rotatable bonds is 5. The molecule has 0 bridgehead atoms. The highest BCUT2D eigenvalue weighted by Crippen LogP contribution is 2.36. The van der Waals surface area contributed by atoms with Crippen molar-refractivity contribution in [2.45, 2.75) is 51.5 Å². The molecule has 4 rings (SSSR count). The average Bonchev–Trinajstić information content (AvgIpc) is 3.39. The first-order valence-electron chi connectivity index (χ1n) is 10.9. The monoisotopic (exact) mass is 435 g/mol. The van der Waals surface area contributed by atoms with Crippen molar-refractivity contribution in [3.8, 4) is 0 Å². The van der Waals surface area contributed by atoms with Crippen molar-refractivity contribution in [1.82, 2.24) is 15.2 Å². The van der Waals surface area contributed by atoms with Crippen molar-refractivity contribution >= 4 is 33.4 Å². The van der Waals surface area contributed by atoms with Gasteiger partial charge in [0.25, 0.3) is 5.91 Å². The van der Waals surface area contributed by atoms with E-state index in [0.717, 1.165) is 34.6 Å². The summed E-state index contributed by atoms with van der Waals surface area (Å²) in [6.45, 7) is 7.53. The summed E-state index contributed by atoms with van der Waals surface area (Å²) in [7, 11) is 0. The van der Waals surface area contributed by atoms with Gasteiger partial charge in [-0.25, -0.2) is 4.98 Å². The van der Waals surface area contributed by atoms with Gasteiger partial charge in [-0.3, -0.25) is 9.59 Å². The van der Waals surface area contributed by atoms with E-state index in [1.54, 1.807) is 11.3 Å². The molecule has 2 heterocycles. The lowest BCUT2D eigenvalue weighted by atomic mass is 9.87. The van der Waals surface area contributed by atoms with Crippen LogP contribution in [0.3, 0.4) is 0 Å². The molecule has 31 heavy (non-hydrogen) atoms. The second kappa shape index (κ2) is 8.79. The summed E-state index contributed by atoms with van der Waals surface area (Å²) < 4.78 is 1.15. The summed E-state index contributed by atoms with van der Waals surface area (Å²) in [5.41, 5.74) is 2.85. The molecule has 0 spiro atoms. The number of hydrogen-bond acceptors (Lipinski definition) is 4. The van der Waals surface area contributed by atoms with Crippen LogP contribution in [0.5, 0.6) is 0 Å². The smallest absolute Gasteiger partial charge is 0.251 e. The quantitative estimate of drug-likeness (QED) is 0.608. The van der Waals surface area contributed by atoms with E-state index in [1.165, 1.54) is 5.56 Å². The number of fused-ring (bicyclic) bond motifs is 1. The second-order valence-corrected chi connectivity index (χ2v) is 10.2. The Hall–Kier alpha value is -2.73. The minimum absolute atomic E-state index is 0.0468. The van der Waals surface area contributed by atoms with Gasteiger partial charge in [0.1, 0.15) is 5.01 Å². The van der Waals surface area contributed by atoms with Crippen LogP contribution in [0.1, 0.15) is 67.0 Å². The van der Waals surface area contributed by atoms with E-state index < -0.39 is 0 Å². The van der Waals surface area contributed by atoms with Gasteiger partial charge in [-0.05, 0) is 48.1 Å². The van der Waals surface area contributed by atoms with Crippen molar-refractivity contribution in [2.75, 3.05) is 13.1 Å². The molecule has 1 fully saturated rings. The number of amides is 2. The van der Waals surface area contributed by atoms with Gasteiger partial charge in [-0.1, -0.05) is 45.0 Å². The Morgan fingerprint density at radius 3 is 2.58 bits per heavy atom. The molecule has 2 amide bonds. The number of hydrogen-bond donors (Lipinski definition) is 1. The number of carbonyl (C=O) groups is 2. The highest BCUT2D eigenvalue weighted by Gasteiger charge is 2.31. The summed E-state index contributed by atoms with van der Waals surface area (Å²) in [5, 5.41) is 3.90. The molecule has 1 N–H and O–H groups in total. The Bertz CT molecular complexity index is 1050. The molecule has 1 aliphatic rings. The number of nitrogens with zero attached hydrogens (tertiary/aromatic N) is 2. The topological polar surface area (TPSA) is 62.3 Å². The van der Waals surface area contributed by atoms with Gasteiger partial charge >= 0.3 is 0 Å². The maximum absolute atomic E-state index is 12.9. The first-order chi connectivity index (χ1) is 14.8. The van der Waals surface area contributed by atoms with Crippen LogP contribution in [0.4, 0.5) is 0 Å². The number of likely N-dealkylation sites (tertiary alicyclic amines) is 1. The van der Waals surface area contributed by atoms with Gasteiger partial charge in [-0.2, -0.15) is 0 Å². The van der Waals surface area contributed by atoms with Gasteiger partial charge in [0.15, 0.2) is 0 Å². The third-order valence-corrected chi connectivity index (χ3v) is 6.94. The van der Waals surface area contributed by atoms with E-state index in [2.05, 4.69) is 32.2 Å². The molecule has 6 heteroatoms. The highest BCUT2D eigenvalue weighted by atomic mass is 32.1. The van der Waals surface area contributed by atoms with E-state index >= 15 is 0 Å². The lowest BCUT2D eigenvalue weighted by Crippen LogP contribution is -2.34. The fourth-order valence-corrected chi connectivity index (χ4v) is 5.12. The summed E-state index contributed by atoms with van der Waals surface area (Å²) in [4.78, 5) is 32.0. The zero-order chi connectivity index (χ0) is 22.0. The number of benzene rings is 2. The maximum atomic E-state index is 12.9. The van der Waals surface area contributed by atoms with Crippen LogP contribution < -0.4 is 5.32 Å². The van der Waals surface area contributed by atoms with Gasteiger partial charge in [0.2, 0.25) is 5.91 Å². The molecule has 0 saturated carbocycles. The van der Waals surface area contributed by atoms with Crippen LogP contribution in [0, 0.1) is 0 Å². The maximum Gasteiger partial charge on any atom is 0.251 e. The molecule has 1 aromatic heterocycles. The molecule has 2 aromatic carbocycles. The largest absolute Gasteiger partial charge is 0.352 e. The molecular formula is C25H29N3O2S. The highest BCUT2D eigenvalue weighted by molar-refractivity contribution is 7.18. The van der Waals surface area contributed by atoms with E-state index in [1.807, 2.05) is 47.4 Å². The van der Waals surface area contributed by atoms with Crippen LogP contribution in [0.15, 0.2) is 48.5 Å². The Morgan fingerprint density at radius 2 is 1.87 bits per heavy atom. The van der Waals surface area contributed by atoms with E-state index in [9.17, 15) is 9.59 Å².